The molecule has 0 aliphatic heterocycles. The van der Waals surface area contributed by atoms with E-state index in [4.69, 9.17) is 0 Å². The van der Waals surface area contributed by atoms with E-state index in [0.717, 1.165) is 5.69 Å². The predicted molar refractivity (Wildman–Crippen MR) is 62.1 cm³/mol. The van der Waals surface area contributed by atoms with Crippen molar-refractivity contribution < 1.29 is 0 Å². The number of likely N-dealkylation sites (N-methyl/N-ethyl adjacent to an activating group) is 1. The summed E-state index contributed by atoms with van der Waals surface area (Å²) in [6.45, 7) is 4.22. The van der Waals surface area contributed by atoms with Gasteiger partial charge in [0.2, 0.25) is 0 Å². The van der Waals surface area contributed by atoms with Gasteiger partial charge < -0.3 is 5.32 Å². The lowest BCUT2D eigenvalue weighted by atomic mass is 9.90. The van der Waals surface area contributed by atoms with Crippen LogP contribution >= 0.6 is 0 Å². The smallest absolute Gasteiger partial charge is 0.0675 e. The first-order valence-electron chi connectivity index (χ1n) is 5.92. The maximum atomic E-state index is 4.61. The minimum absolute atomic E-state index is 0.553. The summed E-state index contributed by atoms with van der Waals surface area (Å²) in [5, 5.41) is 8.04. The molecule has 2 rings (SSSR count). The molecule has 0 spiro atoms. The van der Waals surface area contributed by atoms with Crippen LogP contribution in [0.3, 0.4) is 0 Å². The van der Waals surface area contributed by atoms with E-state index in [0.29, 0.717) is 12.1 Å². The second-order valence-electron chi connectivity index (χ2n) is 4.62. The lowest BCUT2D eigenvalue weighted by molar-refractivity contribution is 0.253. The number of hydrogen-bond acceptors (Lipinski definition) is 2. The highest BCUT2D eigenvalue weighted by Crippen LogP contribution is 2.29. The number of aryl methyl sites for hydroxylation is 2. The van der Waals surface area contributed by atoms with Gasteiger partial charge >= 0.3 is 0 Å². The quantitative estimate of drug-likeness (QED) is 0.805. The van der Waals surface area contributed by atoms with Crippen molar-refractivity contribution in [1.29, 1.82) is 0 Å². The van der Waals surface area contributed by atoms with Gasteiger partial charge in [0.15, 0.2) is 0 Å². The molecule has 1 fully saturated rings. The van der Waals surface area contributed by atoms with Crippen molar-refractivity contribution in [3.63, 3.8) is 0 Å². The molecule has 1 heterocycles. The minimum atomic E-state index is 0.553. The summed E-state index contributed by atoms with van der Waals surface area (Å²) < 4.78 is 2.22. The molecule has 1 aromatic rings. The van der Waals surface area contributed by atoms with Crippen molar-refractivity contribution in [1.82, 2.24) is 15.1 Å². The Bertz CT molecular complexity index is 330. The Morgan fingerprint density at radius 1 is 1.33 bits per heavy atom. The van der Waals surface area contributed by atoms with Crippen LogP contribution in [0.25, 0.3) is 0 Å². The molecule has 1 aliphatic carbocycles. The molecule has 0 amide bonds. The van der Waals surface area contributed by atoms with E-state index in [-0.39, 0.29) is 0 Å². The standard InChI is InChI=1S/C12H21N3/c1-9-8-10(2)15(14-9)12-7-5-4-6-11(12)13-3/h8,11-13H,4-7H2,1-3H3. The van der Waals surface area contributed by atoms with E-state index in [1.165, 1.54) is 31.4 Å². The molecule has 2 atom stereocenters. The Morgan fingerprint density at radius 3 is 2.67 bits per heavy atom. The fourth-order valence-electron chi connectivity index (χ4n) is 2.72. The topological polar surface area (TPSA) is 29.9 Å². The second kappa shape index (κ2) is 4.35. The molecule has 0 bridgehead atoms. The summed E-state index contributed by atoms with van der Waals surface area (Å²) in [4.78, 5) is 0. The average molecular weight is 207 g/mol. The largest absolute Gasteiger partial charge is 0.315 e. The maximum Gasteiger partial charge on any atom is 0.0675 e. The van der Waals surface area contributed by atoms with Crippen LogP contribution in [0.4, 0.5) is 0 Å². The highest BCUT2D eigenvalue weighted by molar-refractivity contribution is 5.08. The van der Waals surface area contributed by atoms with Gasteiger partial charge in [-0.2, -0.15) is 5.10 Å². The molecule has 3 nitrogen and oxygen atoms in total. The number of nitrogens with one attached hydrogen (secondary N) is 1. The molecule has 3 heteroatoms. The molecule has 0 aromatic carbocycles. The van der Waals surface area contributed by atoms with Crippen LogP contribution in [-0.4, -0.2) is 22.9 Å². The lowest BCUT2D eigenvalue weighted by Crippen LogP contribution is -2.38. The fraction of sp³-hybridized carbons (Fsp3) is 0.750. The summed E-state index contributed by atoms with van der Waals surface area (Å²) in [7, 11) is 2.06. The number of nitrogens with zero attached hydrogens (tertiary/aromatic N) is 2. The SMILES string of the molecule is CNC1CCCCC1n1nc(C)cc1C. The van der Waals surface area contributed by atoms with Crippen molar-refractivity contribution >= 4 is 0 Å². The monoisotopic (exact) mass is 207 g/mol. The first-order valence-corrected chi connectivity index (χ1v) is 5.92. The molecular formula is C12H21N3. The third-order valence-corrected chi connectivity index (χ3v) is 3.46. The van der Waals surface area contributed by atoms with Crippen molar-refractivity contribution in [2.45, 2.75) is 51.6 Å². The summed E-state index contributed by atoms with van der Waals surface area (Å²) >= 11 is 0. The van der Waals surface area contributed by atoms with Crippen molar-refractivity contribution in [3.05, 3.63) is 17.5 Å². The van der Waals surface area contributed by atoms with Crippen LogP contribution in [0.15, 0.2) is 6.07 Å². The molecule has 1 saturated carbocycles. The van der Waals surface area contributed by atoms with Gasteiger partial charge in [0, 0.05) is 11.7 Å². The molecule has 2 unspecified atom stereocenters. The molecule has 84 valence electrons. The minimum Gasteiger partial charge on any atom is -0.315 e. The molecule has 0 saturated heterocycles. The molecule has 1 aliphatic rings. The van der Waals surface area contributed by atoms with Gasteiger partial charge in [-0.25, -0.2) is 0 Å². The fourth-order valence-corrected chi connectivity index (χ4v) is 2.72. The van der Waals surface area contributed by atoms with E-state index in [1.54, 1.807) is 0 Å². The Labute approximate surface area is 91.9 Å². The number of hydrogen-bond donors (Lipinski definition) is 1. The highest BCUT2D eigenvalue weighted by atomic mass is 15.3. The summed E-state index contributed by atoms with van der Waals surface area (Å²) in [6, 6.07) is 3.32. The Hall–Kier alpha value is -0.830. The second-order valence-corrected chi connectivity index (χ2v) is 4.62. The number of aromatic nitrogens is 2. The summed E-state index contributed by atoms with van der Waals surface area (Å²) in [5.41, 5.74) is 2.42. The van der Waals surface area contributed by atoms with E-state index >= 15 is 0 Å². The van der Waals surface area contributed by atoms with E-state index in [1.807, 2.05) is 0 Å². The van der Waals surface area contributed by atoms with Gasteiger partial charge in [0.05, 0.1) is 11.7 Å². The van der Waals surface area contributed by atoms with Gasteiger partial charge in [-0.3, -0.25) is 4.68 Å². The maximum absolute atomic E-state index is 4.61. The van der Waals surface area contributed by atoms with Crippen LogP contribution in [-0.2, 0) is 0 Å². The summed E-state index contributed by atoms with van der Waals surface area (Å²) in [5.74, 6) is 0. The Kier molecular flexibility index (Phi) is 3.10. The highest BCUT2D eigenvalue weighted by Gasteiger charge is 2.26. The zero-order valence-electron chi connectivity index (χ0n) is 9.95. The van der Waals surface area contributed by atoms with Gasteiger partial charge in [-0.1, -0.05) is 12.8 Å². The first-order chi connectivity index (χ1) is 7.22. The molecule has 0 radical (unpaired) electrons. The van der Waals surface area contributed by atoms with Gasteiger partial charge in [0.1, 0.15) is 0 Å². The molecule has 15 heavy (non-hydrogen) atoms. The van der Waals surface area contributed by atoms with E-state index < -0.39 is 0 Å². The van der Waals surface area contributed by atoms with Gasteiger partial charge in [-0.15, -0.1) is 0 Å². The Morgan fingerprint density at radius 2 is 2.07 bits per heavy atom. The van der Waals surface area contributed by atoms with Crippen LogP contribution in [0.1, 0.15) is 43.1 Å². The van der Waals surface area contributed by atoms with Crippen molar-refractivity contribution in [2.24, 2.45) is 0 Å². The van der Waals surface area contributed by atoms with Gasteiger partial charge in [-0.05, 0) is 39.8 Å². The predicted octanol–water partition coefficient (Wildman–Crippen LogP) is 2.20. The van der Waals surface area contributed by atoms with Gasteiger partial charge in [0.25, 0.3) is 0 Å². The first kappa shape index (κ1) is 10.7. The van der Waals surface area contributed by atoms with Crippen LogP contribution in [0.2, 0.25) is 0 Å². The third kappa shape index (κ3) is 2.07. The van der Waals surface area contributed by atoms with Crippen molar-refractivity contribution in [3.8, 4) is 0 Å². The number of rotatable bonds is 2. The van der Waals surface area contributed by atoms with E-state index in [9.17, 15) is 0 Å². The van der Waals surface area contributed by atoms with Crippen LogP contribution in [0, 0.1) is 13.8 Å². The lowest BCUT2D eigenvalue weighted by Gasteiger charge is -2.32. The molecule has 1 N–H and O–H groups in total. The Balaban J connectivity index is 2.23. The summed E-state index contributed by atoms with van der Waals surface area (Å²) in [6.07, 6.45) is 5.22. The van der Waals surface area contributed by atoms with E-state index in [2.05, 4.69) is 42.1 Å². The van der Waals surface area contributed by atoms with Crippen LogP contribution < -0.4 is 5.32 Å². The van der Waals surface area contributed by atoms with Crippen LogP contribution in [0.5, 0.6) is 0 Å². The molecule has 1 aromatic heterocycles. The normalized spacial score (nSPS) is 26.9. The average Bonchev–Trinajstić information content (AvgIpc) is 2.57. The third-order valence-electron chi connectivity index (χ3n) is 3.46. The van der Waals surface area contributed by atoms with Crippen molar-refractivity contribution in [2.75, 3.05) is 7.05 Å². The zero-order valence-corrected chi connectivity index (χ0v) is 9.95. The zero-order chi connectivity index (χ0) is 10.8. The molecular weight excluding hydrogens is 186 g/mol.